The molecule has 0 atom stereocenters. The highest BCUT2D eigenvalue weighted by atomic mass is 16.5. The molecule has 4 amide bonds. The van der Waals surface area contributed by atoms with Gasteiger partial charge >= 0.3 is 12.0 Å². The Morgan fingerprint density at radius 3 is 2.40 bits per heavy atom. The summed E-state index contributed by atoms with van der Waals surface area (Å²) in [6.07, 6.45) is 0.673. The second-order valence-corrected chi connectivity index (χ2v) is 8.02. The number of methoxy groups -OCH3 is 1. The molecule has 0 unspecified atom stereocenters. The number of anilines is 2. The van der Waals surface area contributed by atoms with E-state index in [1.807, 2.05) is 31.2 Å². The number of rotatable bonds is 12. The topological polar surface area (TPSA) is 137 Å². The first kappa shape index (κ1) is 27.2. The fraction of sp³-hybridized carbons (Fsp3) is 0.360. The summed E-state index contributed by atoms with van der Waals surface area (Å²) in [7, 11) is 3.04. The molecule has 0 spiro atoms. The third kappa shape index (κ3) is 9.36. The zero-order valence-electron chi connectivity index (χ0n) is 20.2. The van der Waals surface area contributed by atoms with Crippen molar-refractivity contribution in [2.24, 2.45) is 0 Å². The largest absolute Gasteiger partial charge is 0.495 e. The smallest absolute Gasteiger partial charge is 0.323 e. The molecule has 4 N–H and O–H groups in total. The van der Waals surface area contributed by atoms with Gasteiger partial charge in [-0.05, 0) is 42.7 Å². The van der Waals surface area contributed by atoms with Gasteiger partial charge in [-0.3, -0.25) is 14.4 Å². The average Bonchev–Trinajstić information content (AvgIpc) is 2.82. The van der Waals surface area contributed by atoms with Crippen molar-refractivity contribution in [3.8, 4) is 5.75 Å². The lowest BCUT2D eigenvalue weighted by Crippen LogP contribution is -2.31. The number of benzene rings is 2. The van der Waals surface area contributed by atoms with Crippen LogP contribution >= 0.6 is 0 Å². The number of carboxylic acids is 1. The van der Waals surface area contributed by atoms with Gasteiger partial charge in [-0.25, -0.2) is 4.79 Å². The second-order valence-electron chi connectivity index (χ2n) is 8.02. The van der Waals surface area contributed by atoms with Crippen LogP contribution in [0.1, 0.15) is 30.4 Å². The summed E-state index contributed by atoms with van der Waals surface area (Å²) >= 11 is 0. The number of hydrogen-bond acceptors (Lipinski definition) is 5. The van der Waals surface area contributed by atoms with E-state index in [4.69, 9.17) is 9.84 Å². The van der Waals surface area contributed by atoms with Crippen molar-refractivity contribution in [2.75, 3.05) is 37.9 Å². The van der Waals surface area contributed by atoms with E-state index in [1.165, 1.54) is 12.0 Å². The predicted octanol–water partition coefficient (Wildman–Crippen LogP) is 3.02. The average molecular weight is 485 g/mol. The molecule has 0 heterocycles. The van der Waals surface area contributed by atoms with Crippen molar-refractivity contribution < 1.29 is 29.0 Å². The molecule has 0 saturated heterocycles. The maximum absolute atomic E-state index is 12.4. The third-order valence-electron chi connectivity index (χ3n) is 5.25. The van der Waals surface area contributed by atoms with Crippen molar-refractivity contribution in [1.29, 1.82) is 0 Å². The standard InChI is InChI=1S/C25H32N4O6/c1-17-7-4-5-8-19(17)27-25(34)28-20-11-10-18(15-21(20)35-3)16-22(30)26-13-6-9-23(31)29(2)14-12-24(32)33/h4-5,7-8,10-11,15H,6,9,12-14,16H2,1-3H3,(H,26,30)(H,32,33)(H2,27,28,34). The molecule has 0 aliphatic heterocycles. The zero-order valence-corrected chi connectivity index (χ0v) is 20.2. The van der Waals surface area contributed by atoms with E-state index in [9.17, 15) is 19.2 Å². The molecular weight excluding hydrogens is 452 g/mol. The van der Waals surface area contributed by atoms with Gasteiger partial charge in [0.15, 0.2) is 0 Å². The first-order chi connectivity index (χ1) is 16.7. The number of aliphatic carboxylic acids is 1. The van der Waals surface area contributed by atoms with E-state index < -0.39 is 12.0 Å². The maximum Gasteiger partial charge on any atom is 0.323 e. The Morgan fingerprint density at radius 2 is 1.71 bits per heavy atom. The molecule has 0 radical (unpaired) electrons. The van der Waals surface area contributed by atoms with Crippen LogP contribution in [0.15, 0.2) is 42.5 Å². The first-order valence-electron chi connectivity index (χ1n) is 11.2. The van der Waals surface area contributed by atoms with Gasteiger partial charge in [-0.2, -0.15) is 0 Å². The number of carbonyl (C=O) groups excluding carboxylic acids is 3. The lowest BCUT2D eigenvalue weighted by Gasteiger charge is -2.16. The van der Waals surface area contributed by atoms with Crippen molar-refractivity contribution in [1.82, 2.24) is 10.2 Å². The molecule has 35 heavy (non-hydrogen) atoms. The number of nitrogens with one attached hydrogen (secondary N) is 3. The number of ether oxygens (including phenoxy) is 1. The van der Waals surface area contributed by atoms with Crippen molar-refractivity contribution >= 4 is 35.2 Å². The zero-order chi connectivity index (χ0) is 25.8. The van der Waals surface area contributed by atoms with Gasteiger partial charge < -0.3 is 30.7 Å². The highest BCUT2D eigenvalue weighted by molar-refractivity contribution is 6.01. The second kappa shape index (κ2) is 13.6. The van der Waals surface area contributed by atoms with Gasteiger partial charge in [0.1, 0.15) is 5.75 Å². The molecule has 10 nitrogen and oxygen atoms in total. The molecule has 188 valence electrons. The predicted molar refractivity (Wildman–Crippen MR) is 133 cm³/mol. The van der Waals surface area contributed by atoms with E-state index >= 15 is 0 Å². The number of amides is 4. The van der Waals surface area contributed by atoms with Crippen LogP contribution < -0.4 is 20.7 Å². The molecule has 2 aromatic carbocycles. The Bertz CT molecular complexity index is 1060. The summed E-state index contributed by atoms with van der Waals surface area (Å²) in [5.74, 6) is -0.912. The number of carbonyl (C=O) groups is 4. The van der Waals surface area contributed by atoms with E-state index in [-0.39, 0.29) is 37.6 Å². The summed E-state index contributed by atoms with van der Waals surface area (Å²) in [5.41, 5.74) is 2.80. The lowest BCUT2D eigenvalue weighted by molar-refractivity contribution is -0.138. The summed E-state index contributed by atoms with van der Waals surface area (Å²) < 4.78 is 5.37. The van der Waals surface area contributed by atoms with Crippen LogP contribution in [0.5, 0.6) is 5.75 Å². The quantitative estimate of drug-likeness (QED) is 0.342. The lowest BCUT2D eigenvalue weighted by atomic mass is 10.1. The molecule has 2 rings (SSSR count). The van der Waals surface area contributed by atoms with Crippen molar-refractivity contribution in [2.45, 2.75) is 32.6 Å². The van der Waals surface area contributed by atoms with Crippen LogP contribution in [-0.2, 0) is 20.8 Å². The molecular formula is C25H32N4O6. The first-order valence-corrected chi connectivity index (χ1v) is 11.2. The third-order valence-corrected chi connectivity index (χ3v) is 5.25. The van der Waals surface area contributed by atoms with Gasteiger partial charge in [0, 0.05) is 32.2 Å². The van der Waals surface area contributed by atoms with Crippen LogP contribution in [0.3, 0.4) is 0 Å². The van der Waals surface area contributed by atoms with Crippen molar-refractivity contribution in [3.63, 3.8) is 0 Å². The van der Waals surface area contributed by atoms with Gasteiger partial charge in [0.2, 0.25) is 11.8 Å². The van der Waals surface area contributed by atoms with Crippen LogP contribution in [0.2, 0.25) is 0 Å². The van der Waals surface area contributed by atoms with Crippen LogP contribution in [0.25, 0.3) is 0 Å². The van der Waals surface area contributed by atoms with E-state index in [0.717, 1.165) is 5.56 Å². The van der Waals surface area contributed by atoms with E-state index in [0.29, 0.717) is 35.7 Å². The van der Waals surface area contributed by atoms with Crippen molar-refractivity contribution in [3.05, 3.63) is 53.6 Å². The summed E-state index contributed by atoms with van der Waals surface area (Å²) in [5, 5.41) is 17.0. The van der Waals surface area contributed by atoms with Crippen LogP contribution in [-0.4, -0.2) is 61.1 Å². The van der Waals surface area contributed by atoms with Gasteiger partial charge in [0.05, 0.1) is 25.6 Å². The molecule has 2 aromatic rings. The molecule has 0 fully saturated rings. The summed E-state index contributed by atoms with van der Waals surface area (Å²) in [4.78, 5) is 48.6. The number of para-hydroxylation sites is 1. The SMILES string of the molecule is COc1cc(CC(=O)NCCCC(=O)N(C)CCC(=O)O)ccc1NC(=O)Nc1ccccc1C. The molecule has 0 aliphatic carbocycles. The Morgan fingerprint density at radius 1 is 1.00 bits per heavy atom. The molecule has 0 bridgehead atoms. The number of hydrogen-bond donors (Lipinski definition) is 4. The Hall–Kier alpha value is -4.08. The number of carboxylic acid groups (broad SMARTS) is 1. The van der Waals surface area contributed by atoms with Gasteiger partial charge in [-0.15, -0.1) is 0 Å². The normalized spacial score (nSPS) is 10.3. The van der Waals surface area contributed by atoms with Crippen LogP contribution in [0, 0.1) is 6.92 Å². The van der Waals surface area contributed by atoms with E-state index in [2.05, 4.69) is 16.0 Å². The molecule has 0 saturated carbocycles. The maximum atomic E-state index is 12.4. The van der Waals surface area contributed by atoms with Gasteiger partial charge in [0.25, 0.3) is 0 Å². The minimum Gasteiger partial charge on any atom is -0.495 e. The summed E-state index contributed by atoms with van der Waals surface area (Å²) in [6.45, 7) is 2.38. The monoisotopic (exact) mass is 484 g/mol. The molecule has 0 aromatic heterocycles. The Labute approximate surface area is 204 Å². The number of nitrogens with zero attached hydrogens (tertiary/aromatic N) is 1. The fourth-order valence-electron chi connectivity index (χ4n) is 3.23. The van der Waals surface area contributed by atoms with E-state index in [1.54, 1.807) is 25.2 Å². The minimum absolute atomic E-state index is 0.103. The highest BCUT2D eigenvalue weighted by Crippen LogP contribution is 2.26. The molecule has 0 aliphatic rings. The summed E-state index contributed by atoms with van der Waals surface area (Å²) in [6, 6.07) is 12.1. The Balaban J connectivity index is 1.81. The van der Waals surface area contributed by atoms with Gasteiger partial charge in [-0.1, -0.05) is 24.3 Å². The molecule has 10 heteroatoms. The van der Waals surface area contributed by atoms with Crippen LogP contribution in [0.4, 0.5) is 16.2 Å². The number of urea groups is 1. The highest BCUT2D eigenvalue weighted by Gasteiger charge is 2.13. The number of aryl methyl sites for hydroxylation is 1. The Kier molecular flexibility index (Phi) is 10.5. The minimum atomic E-state index is -0.956. The fourth-order valence-corrected chi connectivity index (χ4v) is 3.23.